The molecular formula is C19H22FIN4OS. The lowest BCUT2D eigenvalue weighted by atomic mass is 10.1. The Morgan fingerprint density at radius 2 is 2.15 bits per heavy atom. The minimum Gasteiger partial charge on any atom is -0.443 e. The van der Waals surface area contributed by atoms with Gasteiger partial charge in [-0.25, -0.2) is 14.4 Å². The van der Waals surface area contributed by atoms with Crippen molar-refractivity contribution in [3.05, 3.63) is 64.6 Å². The van der Waals surface area contributed by atoms with Crippen LogP contribution in [0.4, 0.5) is 4.39 Å². The lowest BCUT2D eigenvalue weighted by molar-refractivity contribution is 0.573. The molecule has 0 aliphatic carbocycles. The van der Waals surface area contributed by atoms with Gasteiger partial charge in [0.25, 0.3) is 0 Å². The van der Waals surface area contributed by atoms with Gasteiger partial charge in [-0.15, -0.1) is 35.3 Å². The fourth-order valence-electron chi connectivity index (χ4n) is 2.39. The second-order valence-electron chi connectivity index (χ2n) is 5.75. The van der Waals surface area contributed by atoms with Crippen molar-refractivity contribution in [3.8, 4) is 10.8 Å². The summed E-state index contributed by atoms with van der Waals surface area (Å²) in [6.07, 6.45) is 1.65. The molecule has 8 heteroatoms. The van der Waals surface area contributed by atoms with E-state index in [1.807, 2.05) is 30.5 Å². The summed E-state index contributed by atoms with van der Waals surface area (Å²) in [5.74, 6) is 1.10. The van der Waals surface area contributed by atoms with Gasteiger partial charge >= 0.3 is 0 Å². The number of guanidine groups is 1. The first kappa shape index (κ1) is 21.4. The smallest absolute Gasteiger partial charge is 0.236 e. The van der Waals surface area contributed by atoms with Crippen LogP contribution in [-0.2, 0) is 13.1 Å². The molecule has 0 atom stereocenters. The molecule has 144 valence electrons. The second kappa shape index (κ2) is 10.4. The van der Waals surface area contributed by atoms with Crippen LogP contribution in [0.3, 0.4) is 0 Å². The fraction of sp³-hybridized carbons (Fsp3) is 0.263. The van der Waals surface area contributed by atoms with Crippen LogP contribution in [0.15, 0.2) is 51.4 Å². The van der Waals surface area contributed by atoms with Crippen molar-refractivity contribution in [2.45, 2.75) is 26.9 Å². The molecule has 0 amide bonds. The summed E-state index contributed by atoms with van der Waals surface area (Å²) in [4.78, 5) is 10.0. The summed E-state index contributed by atoms with van der Waals surface area (Å²) >= 11 is 1.59. The highest BCUT2D eigenvalue weighted by molar-refractivity contribution is 14.0. The molecule has 2 heterocycles. The number of rotatable bonds is 6. The molecule has 0 aliphatic rings. The Labute approximate surface area is 179 Å². The number of hydrogen-bond acceptors (Lipinski definition) is 4. The quantitative estimate of drug-likeness (QED) is 0.292. The maximum Gasteiger partial charge on any atom is 0.236 e. The average Bonchev–Trinajstić information content (AvgIpc) is 3.31. The molecule has 5 nitrogen and oxygen atoms in total. The van der Waals surface area contributed by atoms with Crippen LogP contribution in [-0.4, -0.2) is 17.5 Å². The summed E-state index contributed by atoms with van der Waals surface area (Å²) in [6, 6.07) is 8.98. The van der Waals surface area contributed by atoms with Crippen LogP contribution in [0.25, 0.3) is 10.8 Å². The number of aryl methyl sites for hydroxylation is 1. The lowest BCUT2D eigenvalue weighted by Crippen LogP contribution is -2.36. The average molecular weight is 500 g/mol. The van der Waals surface area contributed by atoms with Gasteiger partial charge in [0.1, 0.15) is 12.1 Å². The molecule has 0 spiro atoms. The molecule has 0 fully saturated rings. The number of aliphatic imine (C=N–C) groups is 1. The molecule has 3 aromatic rings. The van der Waals surface area contributed by atoms with Gasteiger partial charge in [0, 0.05) is 6.54 Å². The minimum atomic E-state index is -0.199. The summed E-state index contributed by atoms with van der Waals surface area (Å²) in [5, 5.41) is 8.42. The van der Waals surface area contributed by atoms with Gasteiger partial charge in [0.2, 0.25) is 5.89 Å². The van der Waals surface area contributed by atoms with E-state index in [9.17, 15) is 4.39 Å². The molecule has 27 heavy (non-hydrogen) atoms. The van der Waals surface area contributed by atoms with Crippen LogP contribution in [0.5, 0.6) is 0 Å². The molecule has 0 saturated carbocycles. The van der Waals surface area contributed by atoms with Crippen molar-refractivity contribution in [1.82, 2.24) is 15.6 Å². The van der Waals surface area contributed by atoms with Crippen molar-refractivity contribution in [3.63, 3.8) is 0 Å². The third-order valence-corrected chi connectivity index (χ3v) is 4.56. The first-order valence-electron chi connectivity index (χ1n) is 8.41. The zero-order valence-corrected chi connectivity index (χ0v) is 18.3. The molecule has 0 unspecified atom stereocenters. The third-order valence-electron chi connectivity index (χ3n) is 3.71. The minimum absolute atomic E-state index is 0. The molecule has 1 aromatic carbocycles. The van der Waals surface area contributed by atoms with E-state index in [2.05, 4.69) is 20.6 Å². The highest BCUT2D eigenvalue weighted by Gasteiger charge is 2.08. The van der Waals surface area contributed by atoms with Gasteiger partial charge in [-0.1, -0.05) is 18.2 Å². The molecular weight excluding hydrogens is 478 g/mol. The van der Waals surface area contributed by atoms with E-state index in [1.54, 1.807) is 30.6 Å². The van der Waals surface area contributed by atoms with E-state index >= 15 is 0 Å². The number of hydrogen-bond donors (Lipinski definition) is 2. The molecule has 2 aromatic heterocycles. The Balaban J connectivity index is 0.00000261. The number of benzene rings is 1. The van der Waals surface area contributed by atoms with E-state index in [4.69, 9.17) is 4.42 Å². The highest BCUT2D eigenvalue weighted by atomic mass is 127. The number of halogens is 2. The van der Waals surface area contributed by atoms with Crippen LogP contribution in [0.1, 0.15) is 23.7 Å². The number of nitrogens with one attached hydrogen (secondary N) is 2. The highest BCUT2D eigenvalue weighted by Crippen LogP contribution is 2.23. The van der Waals surface area contributed by atoms with Crippen molar-refractivity contribution in [1.29, 1.82) is 0 Å². The standard InChI is InChI=1S/C19H21FN4OS.HI/c1-3-21-19(22-10-14-6-7-16(20)13(2)9-14)23-11-15-12-25-18(24-15)17-5-4-8-26-17;/h4-9,12H,3,10-11H2,1-2H3,(H2,21,22,23);1H. The predicted molar refractivity (Wildman–Crippen MR) is 118 cm³/mol. The zero-order chi connectivity index (χ0) is 18.4. The van der Waals surface area contributed by atoms with Gasteiger partial charge in [-0.3, -0.25) is 0 Å². The van der Waals surface area contributed by atoms with Crippen molar-refractivity contribution < 1.29 is 8.81 Å². The van der Waals surface area contributed by atoms with Crippen LogP contribution < -0.4 is 10.6 Å². The Morgan fingerprint density at radius 3 is 2.85 bits per heavy atom. The lowest BCUT2D eigenvalue weighted by Gasteiger charge is -2.10. The number of aromatic nitrogens is 1. The molecule has 0 radical (unpaired) electrons. The Morgan fingerprint density at radius 1 is 1.30 bits per heavy atom. The topological polar surface area (TPSA) is 62.5 Å². The Hall–Kier alpha value is -1.94. The van der Waals surface area contributed by atoms with Gasteiger partial charge < -0.3 is 15.1 Å². The molecule has 0 saturated heterocycles. The summed E-state index contributed by atoms with van der Waals surface area (Å²) in [7, 11) is 0. The summed E-state index contributed by atoms with van der Waals surface area (Å²) in [6.45, 7) is 5.47. The van der Waals surface area contributed by atoms with E-state index in [1.165, 1.54) is 6.07 Å². The fourth-order valence-corrected chi connectivity index (χ4v) is 3.05. The normalized spacial score (nSPS) is 11.1. The van der Waals surface area contributed by atoms with Gasteiger partial charge in [0.15, 0.2) is 5.96 Å². The largest absolute Gasteiger partial charge is 0.443 e. The van der Waals surface area contributed by atoms with E-state index in [-0.39, 0.29) is 29.8 Å². The first-order valence-corrected chi connectivity index (χ1v) is 9.29. The summed E-state index contributed by atoms with van der Waals surface area (Å²) in [5.41, 5.74) is 2.39. The molecule has 2 N–H and O–H groups in total. The number of oxazole rings is 1. The number of thiophene rings is 1. The zero-order valence-electron chi connectivity index (χ0n) is 15.2. The SMILES string of the molecule is CCNC(=NCc1ccc(F)c(C)c1)NCc1coc(-c2cccs2)n1.I. The molecule has 0 bridgehead atoms. The maximum atomic E-state index is 13.4. The Kier molecular flexibility index (Phi) is 8.23. The van der Waals surface area contributed by atoms with Gasteiger partial charge in [-0.2, -0.15) is 0 Å². The van der Waals surface area contributed by atoms with Crippen molar-refractivity contribution in [2.75, 3.05) is 6.54 Å². The number of nitrogens with zero attached hydrogens (tertiary/aromatic N) is 2. The molecule has 0 aliphatic heterocycles. The van der Waals surface area contributed by atoms with E-state index in [0.29, 0.717) is 30.5 Å². The molecule has 3 rings (SSSR count). The Bertz CT molecular complexity index is 880. The van der Waals surface area contributed by atoms with Gasteiger partial charge in [0.05, 0.1) is 23.7 Å². The monoisotopic (exact) mass is 500 g/mol. The second-order valence-corrected chi connectivity index (χ2v) is 6.70. The van der Waals surface area contributed by atoms with Crippen LogP contribution in [0, 0.1) is 12.7 Å². The van der Waals surface area contributed by atoms with Crippen LogP contribution >= 0.6 is 35.3 Å². The first-order chi connectivity index (χ1) is 12.7. The maximum absolute atomic E-state index is 13.4. The van der Waals surface area contributed by atoms with Crippen molar-refractivity contribution in [2.24, 2.45) is 4.99 Å². The van der Waals surface area contributed by atoms with E-state index < -0.39 is 0 Å². The predicted octanol–water partition coefficient (Wildman–Crippen LogP) is 4.72. The van der Waals surface area contributed by atoms with Crippen LogP contribution in [0.2, 0.25) is 0 Å². The van der Waals surface area contributed by atoms with E-state index in [0.717, 1.165) is 22.7 Å². The summed E-state index contributed by atoms with van der Waals surface area (Å²) < 4.78 is 18.9. The third kappa shape index (κ3) is 6.03. The van der Waals surface area contributed by atoms with Crippen molar-refractivity contribution >= 4 is 41.3 Å². The van der Waals surface area contributed by atoms with Gasteiger partial charge in [-0.05, 0) is 42.5 Å².